The Morgan fingerprint density at radius 2 is 2.29 bits per heavy atom. The summed E-state index contributed by atoms with van der Waals surface area (Å²) in [4.78, 5) is 18.8. The molecule has 1 saturated heterocycles. The zero-order chi connectivity index (χ0) is 14.8. The van der Waals surface area contributed by atoms with Crippen LogP contribution in [-0.2, 0) is 0 Å². The van der Waals surface area contributed by atoms with E-state index in [4.69, 9.17) is 0 Å². The van der Waals surface area contributed by atoms with Gasteiger partial charge >= 0.3 is 0 Å². The Bertz CT molecular complexity index is 651. The van der Waals surface area contributed by atoms with Crippen LogP contribution in [0.2, 0.25) is 0 Å². The SMILES string of the molecule is Cc1nc(-c2cccc(C(=O)N3CCN[C@@H](C)C3)c2)n[nH]1. The Balaban J connectivity index is 1.84. The van der Waals surface area contributed by atoms with E-state index in [-0.39, 0.29) is 5.91 Å². The molecular weight excluding hydrogens is 266 g/mol. The number of hydrogen-bond donors (Lipinski definition) is 2. The fraction of sp³-hybridized carbons (Fsp3) is 0.400. The van der Waals surface area contributed by atoms with E-state index >= 15 is 0 Å². The topological polar surface area (TPSA) is 73.9 Å². The summed E-state index contributed by atoms with van der Waals surface area (Å²) in [7, 11) is 0. The zero-order valence-corrected chi connectivity index (χ0v) is 12.3. The lowest BCUT2D eigenvalue weighted by Gasteiger charge is -2.32. The first-order valence-corrected chi connectivity index (χ1v) is 7.15. The highest BCUT2D eigenvalue weighted by Gasteiger charge is 2.22. The number of carbonyl (C=O) groups excluding carboxylic acids is 1. The van der Waals surface area contributed by atoms with E-state index in [1.165, 1.54) is 0 Å². The molecule has 1 aromatic heterocycles. The molecule has 3 rings (SSSR count). The van der Waals surface area contributed by atoms with E-state index in [1.54, 1.807) is 0 Å². The summed E-state index contributed by atoms with van der Waals surface area (Å²) >= 11 is 0. The van der Waals surface area contributed by atoms with Crippen LogP contribution in [-0.4, -0.2) is 51.7 Å². The molecular formula is C15H19N5O. The lowest BCUT2D eigenvalue weighted by atomic mass is 10.1. The second-order valence-corrected chi connectivity index (χ2v) is 5.43. The average molecular weight is 285 g/mol. The number of amides is 1. The number of aromatic amines is 1. The van der Waals surface area contributed by atoms with Gasteiger partial charge in [-0.05, 0) is 26.0 Å². The van der Waals surface area contributed by atoms with Gasteiger partial charge in [0.05, 0.1) is 0 Å². The summed E-state index contributed by atoms with van der Waals surface area (Å²) in [5, 5.41) is 10.3. The van der Waals surface area contributed by atoms with Crippen molar-refractivity contribution in [2.75, 3.05) is 19.6 Å². The smallest absolute Gasteiger partial charge is 0.253 e. The van der Waals surface area contributed by atoms with E-state index < -0.39 is 0 Å². The largest absolute Gasteiger partial charge is 0.336 e. The van der Waals surface area contributed by atoms with Crippen molar-refractivity contribution in [1.82, 2.24) is 25.4 Å². The molecule has 2 N–H and O–H groups in total. The minimum atomic E-state index is 0.0671. The van der Waals surface area contributed by atoms with Gasteiger partial charge in [0.15, 0.2) is 5.82 Å². The third kappa shape index (κ3) is 2.95. The number of benzene rings is 1. The molecule has 1 aromatic carbocycles. The molecule has 1 amide bonds. The summed E-state index contributed by atoms with van der Waals surface area (Å²) in [6, 6.07) is 7.83. The molecule has 1 aliphatic heterocycles. The second kappa shape index (κ2) is 5.65. The van der Waals surface area contributed by atoms with Crippen molar-refractivity contribution in [2.45, 2.75) is 19.9 Å². The van der Waals surface area contributed by atoms with Crippen molar-refractivity contribution in [3.63, 3.8) is 0 Å². The first-order valence-electron chi connectivity index (χ1n) is 7.15. The highest BCUT2D eigenvalue weighted by atomic mass is 16.2. The third-order valence-corrected chi connectivity index (χ3v) is 3.62. The Morgan fingerprint density at radius 1 is 1.43 bits per heavy atom. The summed E-state index contributed by atoms with van der Waals surface area (Å²) in [5.74, 6) is 1.45. The number of nitrogens with zero attached hydrogens (tertiary/aromatic N) is 3. The Hall–Kier alpha value is -2.21. The number of rotatable bonds is 2. The van der Waals surface area contributed by atoms with Crippen LogP contribution >= 0.6 is 0 Å². The Labute approximate surface area is 123 Å². The molecule has 1 fully saturated rings. The molecule has 0 saturated carbocycles. The van der Waals surface area contributed by atoms with Gasteiger partial charge in [0.25, 0.3) is 5.91 Å². The van der Waals surface area contributed by atoms with Gasteiger partial charge in [-0.25, -0.2) is 4.98 Å². The number of hydrogen-bond acceptors (Lipinski definition) is 4. The average Bonchev–Trinajstić information content (AvgIpc) is 2.93. The number of piperazine rings is 1. The zero-order valence-electron chi connectivity index (χ0n) is 12.3. The molecule has 2 heterocycles. The summed E-state index contributed by atoms with van der Waals surface area (Å²) < 4.78 is 0. The van der Waals surface area contributed by atoms with Crippen molar-refractivity contribution in [3.05, 3.63) is 35.7 Å². The van der Waals surface area contributed by atoms with Crippen LogP contribution in [0, 0.1) is 6.92 Å². The predicted molar refractivity (Wildman–Crippen MR) is 79.9 cm³/mol. The van der Waals surface area contributed by atoms with Gasteiger partial charge in [-0.2, -0.15) is 5.10 Å². The van der Waals surface area contributed by atoms with Gasteiger partial charge in [-0.1, -0.05) is 12.1 Å². The number of carbonyl (C=O) groups is 1. The monoisotopic (exact) mass is 285 g/mol. The van der Waals surface area contributed by atoms with E-state index in [0.29, 0.717) is 17.4 Å². The predicted octanol–water partition coefficient (Wildman–Crippen LogP) is 1.21. The maximum Gasteiger partial charge on any atom is 0.253 e. The van der Waals surface area contributed by atoms with Crippen LogP contribution in [0.1, 0.15) is 23.1 Å². The van der Waals surface area contributed by atoms with Crippen molar-refractivity contribution in [1.29, 1.82) is 0 Å². The molecule has 0 bridgehead atoms. The molecule has 1 aliphatic rings. The van der Waals surface area contributed by atoms with E-state index in [2.05, 4.69) is 27.4 Å². The Morgan fingerprint density at radius 3 is 3.00 bits per heavy atom. The summed E-state index contributed by atoms with van der Waals surface area (Å²) in [5.41, 5.74) is 1.54. The molecule has 0 radical (unpaired) electrons. The molecule has 1 atom stereocenters. The van der Waals surface area contributed by atoms with E-state index in [1.807, 2.05) is 36.1 Å². The maximum absolute atomic E-state index is 12.6. The van der Waals surface area contributed by atoms with Crippen LogP contribution < -0.4 is 5.32 Å². The fourth-order valence-electron chi connectivity index (χ4n) is 2.56. The third-order valence-electron chi connectivity index (χ3n) is 3.62. The molecule has 110 valence electrons. The quantitative estimate of drug-likeness (QED) is 0.870. The minimum Gasteiger partial charge on any atom is -0.336 e. The van der Waals surface area contributed by atoms with Crippen LogP contribution in [0.15, 0.2) is 24.3 Å². The number of nitrogens with one attached hydrogen (secondary N) is 2. The highest BCUT2D eigenvalue weighted by Crippen LogP contribution is 2.18. The van der Waals surface area contributed by atoms with Gasteiger partial charge in [0.1, 0.15) is 5.82 Å². The normalized spacial score (nSPS) is 18.8. The molecule has 0 unspecified atom stereocenters. The molecule has 2 aromatic rings. The number of H-pyrrole nitrogens is 1. The maximum atomic E-state index is 12.6. The van der Waals surface area contributed by atoms with Crippen LogP contribution in [0.3, 0.4) is 0 Å². The lowest BCUT2D eigenvalue weighted by Crippen LogP contribution is -2.51. The van der Waals surface area contributed by atoms with Crippen LogP contribution in [0.25, 0.3) is 11.4 Å². The first kappa shape index (κ1) is 13.8. The standard InChI is InChI=1S/C15H19N5O/c1-10-9-20(7-6-16-10)15(21)13-5-3-4-12(8-13)14-17-11(2)18-19-14/h3-5,8,10,16H,6-7,9H2,1-2H3,(H,17,18,19)/t10-/m0/s1. The van der Waals surface area contributed by atoms with Crippen LogP contribution in [0.4, 0.5) is 0 Å². The summed E-state index contributed by atoms with van der Waals surface area (Å²) in [6.07, 6.45) is 0. The molecule has 0 aliphatic carbocycles. The number of aromatic nitrogens is 3. The second-order valence-electron chi connectivity index (χ2n) is 5.43. The first-order chi connectivity index (χ1) is 10.1. The van der Waals surface area contributed by atoms with Gasteiger partial charge in [-0.3, -0.25) is 9.89 Å². The minimum absolute atomic E-state index is 0.0671. The van der Waals surface area contributed by atoms with E-state index in [9.17, 15) is 4.79 Å². The summed E-state index contributed by atoms with van der Waals surface area (Å²) in [6.45, 7) is 6.27. The fourth-order valence-corrected chi connectivity index (χ4v) is 2.56. The number of aryl methyl sites for hydroxylation is 1. The molecule has 21 heavy (non-hydrogen) atoms. The van der Waals surface area contributed by atoms with Crippen molar-refractivity contribution >= 4 is 5.91 Å². The van der Waals surface area contributed by atoms with Crippen LogP contribution in [0.5, 0.6) is 0 Å². The van der Waals surface area contributed by atoms with Crippen molar-refractivity contribution < 1.29 is 4.79 Å². The molecule has 6 nitrogen and oxygen atoms in total. The lowest BCUT2D eigenvalue weighted by molar-refractivity contribution is 0.0709. The van der Waals surface area contributed by atoms with Crippen molar-refractivity contribution in [2.24, 2.45) is 0 Å². The highest BCUT2D eigenvalue weighted by molar-refractivity contribution is 5.95. The van der Waals surface area contributed by atoms with Crippen molar-refractivity contribution in [3.8, 4) is 11.4 Å². The molecule has 0 spiro atoms. The van der Waals surface area contributed by atoms with Gasteiger partial charge in [0.2, 0.25) is 0 Å². The van der Waals surface area contributed by atoms with E-state index in [0.717, 1.165) is 31.0 Å². The van der Waals surface area contributed by atoms with Gasteiger partial charge in [0, 0.05) is 36.8 Å². The van der Waals surface area contributed by atoms with Gasteiger partial charge in [-0.15, -0.1) is 0 Å². The Kier molecular flexibility index (Phi) is 3.70. The molecule has 6 heteroatoms. The van der Waals surface area contributed by atoms with Gasteiger partial charge < -0.3 is 10.2 Å².